The van der Waals surface area contributed by atoms with Gasteiger partial charge >= 0.3 is 0 Å². The summed E-state index contributed by atoms with van der Waals surface area (Å²) in [5.74, 6) is 0.863. The van der Waals surface area contributed by atoms with Crippen molar-refractivity contribution in [1.82, 2.24) is 5.32 Å². The van der Waals surface area contributed by atoms with Crippen molar-refractivity contribution in [3.8, 4) is 5.75 Å². The van der Waals surface area contributed by atoms with E-state index in [1.165, 1.54) is 16.7 Å². The number of hydrogen-bond donors (Lipinski definition) is 1. The maximum Gasteiger partial charge on any atom is 0.120 e. The van der Waals surface area contributed by atoms with Gasteiger partial charge in [-0.3, -0.25) is 0 Å². The van der Waals surface area contributed by atoms with E-state index < -0.39 is 0 Å². The predicted octanol–water partition coefficient (Wildman–Crippen LogP) is 4.72. The van der Waals surface area contributed by atoms with Crippen molar-refractivity contribution in [2.75, 3.05) is 13.7 Å². The molecule has 0 saturated heterocycles. The van der Waals surface area contributed by atoms with Gasteiger partial charge in [-0.1, -0.05) is 60.1 Å². The third-order valence-electron chi connectivity index (χ3n) is 3.65. The van der Waals surface area contributed by atoms with Crippen LogP contribution in [0.3, 0.4) is 0 Å². The molecule has 1 atom stereocenters. The second-order valence-corrected chi connectivity index (χ2v) is 5.83. The van der Waals surface area contributed by atoms with E-state index in [1.807, 2.05) is 12.1 Å². The van der Waals surface area contributed by atoms with E-state index in [9.17, 15) is 0 Å². The minimum atomic E-state index is 0.182. The normalized spacial score (nSPS) is 12.2. The molecule has 0 aromatic heterocycles. The van der Waals surface area contributed by atoms with Crippen LogP contribution < -0.4 is 10.1 Å². The Morgan fingerprint density at radius 2 is 1.81 bits per heavy atom. The molecule has 0 aliphatic rings. The van der Waals surface area contributed by atoms with Gasteiger partial charge < -0.3 is 10.1 Å². The number of ether oxygens (including phenoxy) is 1. The number of nitrogens with one attached hydrogen (secondary N) is 1. The number of benzene rings is 2. The Bertz CT molecular complexity index is 580. The highest BCUT2D eigenvalue weighted by atomic mass is 79.9. The Morgan fingerprint density at radius 3 is 2.33 bits per heavy atom. The molecule has 1 unspecified atom stereocenters. The van der Waals surface area contributed by atoms with Crippen molar-refractivity contribution in [3.05, 3.63) is 63.6 Å². The van der Waals surface area contributed by atoms with E-state index in [-0.39, 0.29) is 6.04 Å². The fraction of sp³-hybridized carbons (Fsp3) is 0.333. The Labute approximate surface area is 135 Å². The largest absolute Gasteiger partial charge is 0.497 e. The SMILES string of the molecule is CCNC(c1ccc(CC)cc1)c1ccc(OC)cc1Br. The zero-order valence-corrected chi connectivity index (χ0v) is 14.4. The molecule has 0 aliphatic carbocycles. The summed E-state index contributed by atoms with van der Waals surface area (Å²) in [5.41, 5.74) is 3.87. The van der Waals surface area contributed by atoms with Crippen LogP contribution in [0, 0.1) is 0 Å². The lowest BCUT2D eigenvalue weighted by Gasteiger charge is -2.21. The number of methoxy groups -OCH3 is 1. The molecule has 3 heteroatoms. The summed E-state index contributed by atoms with van der Waals surface area (Å²) in [6.45, 7) is 5.22. The second-order valence-electron chi connectivity index (χ2n) is 4.97. The summed E-state index contributed by atoms with van der Waals surface area (Å²) in [4.78, 5) is 0. The van der Waals surface area contributed by atoms with Crippen molar-refractivity contribution < 1.29 is 4.74 Å². The monoisotopic (exact) mass is 347 g/mol. The van der Waals surface area contributed by atoms with Gasteiger partial charge in [-0.05, 0) is 41.8 Å². The van der Waals surface area contributed by atoms with E-state index in [0.29, 0.717) is 0 Å². The van der Waals surface area contributed by atoms with E-state index in [4.69, 9.17) is 4.74 Å². The molecule has 0 saturated carbocycles. The van der Waals surface area contributed by atoms with Crippen molar-refractivity contribution in [2.24, 2.45) is 0 Å². The summed E-state index contributed by atoms with van der Waals surface area (Å²) < 4.78 is 6.34. The van der Waals surface area contributed by atoms with Crippen LogP contribution in [-0.2, 0) is 6.42 Å². The summed E-state index contributed by atoms with van der Waals surface area (Å²) in [5, 5.41) is 3.56. The molecule has 2 rings (SSSR count). The molecule has 0 bridgehead atoms. The van der Waals surface area contributed by atoms with Gasteiger partial charge in [-0.2, -0.15) is 0 Å². The summed E-state index contributed by atoms with van der Waals surface area (Å²) >= 11 is 3.66. The minimum Gasteiger partial charge on any atom is -0.497 e. The van der Waals surface area contributed by atoms with Crippen molar-refractivity contribution >= 4 is 15.9 Å². The first-order valence-electron chi connectivity index (χ1n) is 7.35. The highest BCUT2D eigenvalue weighted by molar-refractivity contribution is 9.10. The minimum absolute atomic E-state index is 0.182. The molecule has 0 spiro atoms. The first-order chi connectivity index (χ1) is 10.2. The van der Waals surface area contributed by atoms with Crippen LogP contribution >= 0.6 is 15.9 Å². The van der Waals surface area contributed by atoms with E-state index in [1.54, 1.807) is 7.11 Å². The van der Waals surface area contributed by atoms with Gasteiger partial charge in [0.25, 0.3) is 0 Å². The molecule has 1 N–H and O–H groups in total. The van der Waals surface area contributed by atoms with Gasteiger partial charge in [-0.15, -0.1) is 0 Å². The van der Waals surface area contributed by atoms with Gasteiger partial charge in [0.1, 0.15) is 5.75 Å². The summed E-state index contributed by atoms with van der Waals surface area (Å²) in [6, 6.07) is 15.1. The molecular weight excluding hydrogens is 326 g/mol. The third-order valence-corrected chi connectivity index (χ3v) is 4.33. The number of hydrogen-bond acceptors (Lipinski definition) is 2. The van der Waals surface area contributed by atoms with E-state index in [2.05, 4.69) is 65.4 Å². The lowest BCUT2D eigenvalue weighted by Crippen LogP contribution is -2.22. The maximum atomic E-state index is 5.28. The molecule has 0 fully saturated rings. The molecule has 112 valence electrons. The van der Waals surface area contributed by atoms with Crippen molar-refractivity contribution in [1.29, 1.82) is 0 Å². The summed E-state index contributed by atoms with van der Waals surface area (Å²) in [6.07, 6.45) is 1.07. The van der Waals surface area contributed by atoms with Crippen LogP contribution in [0.15, 0.2) is 46.9 Å². The van der Waals surface area contributed by atoms with Crippen LogP contribution in [-0.4, -0.2) is 13.7 Å². The highest BCUT2D eigenvalue weighted by Gasteiger charge is 2.16. The van der Waals surface area contributed by atoms with Crippen LogP contribution in [0.1, 0.15) is 36.6 Å². The second kappa shape index (κ2) is 7.62. The van der Waals surface area contributed by atoms with Crippen molar-refractivity contribution in [2.45, 2.75) is 26.3 Å². The van der Waals surface area contributed by atoms with Gasteiger partial charge in [0.05, 0.1) is 13.2 Å². The van der Waals surface area contributed by atoms with Crippen LogP contribution in [0.2, 0.25) is 0 Å². The van der Waals surface area contributed by atoms with Gasteiger partial charge in [-0.25, -0.2) is 0 Å². The van der Waals surface area contributed by atoms with Crippen LogP contribution in [0.4, 0.5) is 0 Å². The van der Waals surface area contributed by atoms with Crippen molar-refractivity contribution in [3.63, 3.8) is 0 Å². The molecule has 0 aliphatic heterocycles. The maximum absolute atomic E-state index is 5.28. The zero-order chi connectivity index (χ0) is 15.2. The molecule has 0 heterocycles. The Balaban J connectivity index is 2.37. The predicted molar refractivity (Wildman–Crippen MR) is 92.0 cm³/mol. The zero-order valence-electron chi connectivity index (χ0n) is 12.8. The van der Waals surface area contributed by atoms with Gasteiger partial charge in [0, 0.05) is 4.47 Å². The standard InChI is InChI=1S/C18H22BrNO/c1-4-13-6-8-14(9-7-13)18(20-5-2)16-11-10-15(21-3)12-17(16)19/h6-12,18,20H,4-5H2,1-3H3. The fourth-order valence-corrected chi connectivity index (χ4v) is 3.01. The topological polar surface area (TPSA) is 21.3 Å². The fourth-order valence-electron chi connectivity index (χ4n) is 2.43. The third kappa shape index (κ3) is 3.86. The molecular formula is C18H22BrNO. The first-order valence-corrected chi connectivity index (χ1v) is 8.14. The smallest absolute Gasteiger partial charge is 0.120 e. The first kappa shape index (κ1) is 16.1. The molecule has 0 amide bonds. The van der Waals surface area contributed by atoms with Gasteiger partial charge in [0.15, 0.2) is 0 Å². The Morgan fingerprint density at radius 1 is 1.10 bits per heavy atom. The van der Waals surface area contributed by atoms with Crippen LogP contribution in [0.25, 0.3) is 0 Å². The molecule has 2 aromatic carbocycles. The lowest BCUT2D eigenvalue weighted by molar-refractivity contribution is 0.414. The number of halogens is 1. The molecule has 2 aromatic rings. The van der Waals surface area contributed by atoms with Crippen LogP contribution in [0.5, 0.6) is 5.75 Å². The Hall–Kier alpha value is -1.32. The molecule has 2 nitrogen and oxygen atoms in total. The van der Waals surface area contributed by atoms with Gasteiger partial charge in [0.2, 0.25) is 0 Å². The number of aryl methyl sites for hydroxylation is 1. The summed E-state index contributed by atoms with van der Waals surface area (Å²) in [7, 11) is 1.69. The quantitative estimate of drug-likeness (QED) is 0.816. The molecule has 0 radical (unpaired) electrons. The average Bonchev–Trinajstić information content (AvgIpc) is 2.53. The lowest BCUT2D eigenvalue weighted by atomic mass is 9.97. The van der Waals surface area contributed by atoms with E-state index in [0.717, 1.165) is 23.2 Å². The highest BCUT2D eigenvalue weighted by Crippen LogP contribution is 2.31. The Kier molecular flexibility index (Phi) is 5.83. The molecule has 21 heavy (non-hydrogen) atoms. The van der Waals surface area contributed by atoms with E-state index >= 15 is 0 Å². The number of rotatable bonds is 6. The average molecular weight is 348 g/mol.